The third-order valence-electron chi connectivity index (χ3n) is 2.45. The minimum atomic E-state index is -0.491. The number of likely N-dealkylation sites (tertiary alicyclic amines) is 1. The highest BCUT2D eigenvalue weighted by Gasteiger charge is 2.37. The third-order valence-corrected chi connectivity index (χ3v) is 2.45. The van der Waals surface area contributed by atoms with Crippen molar-refractivity contribution < 1.29 is 4.79 Å². The number of hydrogen-bond donors (Lipinski definition) is 0. The molecule has 3 atom stereocenters. The SMILES string of the molecule is CC(C#N)C(=O)N1C(C)CC1C. The van der Waals surface area contributed by atoms with E-state index in [1.54, 1.807) is 11.8 Å². The largest absolute Gasteiger partial charge is 0.336 e. The average molecular weight is 166 g/mol. The molecule has 1 aliphatic rings. The minimum absolute atomic E-state index is 0.0243. The predicted molar refractivity (Wildman–Crippen MR) is 45.2 cm³/mol. The molecule has 0 N–H and O–H groups in total. The highest BCUT2D eigenvalue weighted by Crippen LogP contribution is 2.26. The summed E-state index contributed by atoms with van der Waals surface area (Å²) in [6, 6.07) is 2.61. The van der Waals surface area contributed by atoms with Crippen molar-refractivity contribution in [2.45, 2.75) is 39.3 Å². The van der Waals surface area contributed by atoms with Crippen LogP contribution in [0, 0.1) is 17.2 Å². The van der Waals surface area contributed by atoms with Gasteiger partial charge in [0.1, 0.15) is 5.92 Å². The van der Waals surface area contributed by atoms with E-state index in [4.69, 9.17) is 5.26 Å². The van der Waals surface area contributed by atoms with Crippen molar-refractivity contribution in [3.8, 4) is 6.07 Å². The number of carbonyl (C=O) groups is 1. The number of amides is 1. The number of hydrogen-bond acceptors (Lipinski definition) is 2. The summed E-state index contributed by atoms with van der Waals surface area (Å²) in [4.78, 5) is 13.3. The van der Waals surface area contributed by atoms with Crippen LogP contribution in [0.4, 0.5) is 0 Å². The molecule has 3 nitrogen and oxygen atoms in total. The van der Waals surface area contributed by atoms with Gasteiger partial charge in [0.25, 0.3) is 0 Å². The van der Waals surface area contributed by atoms with E-state index in [9.17, 15) is 4.79 Å². The number of carbonyl (C=O) groups excluding carboxylic acids is 1. The van der Waals surface area contributed by atoms with Crippen LogP contribution in [-0.4, -0.2) is 22.9 Å². The van der Waals surface area contributed by atoms with Crippen molar-refractivity contribution >= 4 is 5.91 Å². The second kappa shape index (κ2) is 3.14. The monoisotopic (exact) mass is 166 g/mol. The van der Waals surface area contributed by atoms with Crippen LogP contribution in [0.2, 0.25) is 0 Å². The molecule has 12 heavy (non-hydrogen) atoms. The summed E-state index contributed by atoms with van der Waals surface area (Å²) in [5.74, 6) is -0.515. The molecular weight excluding hydrogens is 152 g/mol. The zero-order valence-electron chi connectivity index (χ0n) is 7.74. The topological polar surface area (TPSA) is 44.1 Å². The highest BCUT2D eigenvalue weighted by molar-refractivity contribution is 5.82. The lowest BCUT2D eigenvalue weighted by molar-refractivity contribution is -0.145. The van der Waals surface area contributed by atoms with Gasteiger partial charge in [-0.15, -0.1) is 0 Å². The fraction of sp³-hybridized carbons (Fsp3) is 0.778. The van der Waals surface area contributed by atoms with Gasteiger partial charge in [-0.05, 0) is 27.2 Å². The molecule has 3 heteroatoms. The van der Waals surface area contributed by atoms with E-state index in [1.165, 1.54) is 0 Å². The van der Waals surface area contributed by atoms with Gasteiger partial charge in [-0.1, -0.05) is 0 Å². The number of rotatable bonds is 1. The molecule has 0 saturated carbocycles. The van der Waals surface area contributed by atoms with Gasteiger partial charge < -0.3 is 4.90 Å². The molecule has 1 fully saturated rings. The summed E-state index contributed by atoms with van der Waals surface area (Å²) < 4.78 is 0. The number of nitriles is 1. The lowest BCUT2D eigenvalue weighted by Crippen LogP contribution is -2.57. The van der Waals surface area contributed by atoms with E-state index in [0.717, 1.165) is 6.42 Å². The Morgan fingerprint density at radius 3 is 2.42 bits per heavy atom. The van der Waals surface area contributed by atoms with E-state index >= 15 is 0 Å². The van der Waals surface area contributed by atoms with Gasteiger partial charge in [0.15, 0.2) is 0 Å². The van der Waals surface area contributed by atoms with Crippen molar-refractivity contribution in [3.05, 3.63) is 0 Å². The minimum Gasteiger partial charge on any atom is -0.336 e. The Hall–Kier alpha value is -1.04. The Balaban J connectivity index is 2.59. The van der Waals surface area contributed by atoms with Crippen LogP contribution >= 0.6 is 0 Å². The van der Waals surface area contributed by atoms with Crippen LogP contribution < -0.4 is 0 Å². The van der Waals surface area contributed by atoms with Gasteiger partial charge in [-0.2, -0.15) is 5.26 Å². The maximum atomic E-state index is 11.5. The first-order valence-corrected chi connectivity index (χ1v) is 4.29. The van der Waals surface area contributed by atoms with Crippen molar-refractivity contribution in [2.24, 2.45) is 5.92 Å². The second-order valence-electron chi connectivity index (χ2n) is 3.53. The molecule has 66 valence electrons. The van der Waals surface area contributed by atoms with Crippen molar-refractivity contribution in [1.82, 2.24) is 4.90 Å². The second-order valence-corrected chi connectivity index (χ2v) is 3.53. The Morgan fingerprint density at radius 2 is 2.08 bits per heavy atom. The highest BCUT2D eigenvalue weighted by atomic mass is 16.2. The quantitative estimate of drug-likeness (QED) is 0.586. The molecule has 0 aromatic carbocycles. The normalized spacial score (nSPS) is 30.3. The van der Waals surface area contributed by atoms with Gasteiger partial charge in [0.05, 0.1) is 6.07 Å². The smallest absolute Gasteiger partial charge is 0.240 e. The van der Waals surface area contributed by atoms with Gasteiger partial charge >= 0.3 is 0 Å². The zero-order chi connectivity index (χ0) is 9.30. The Bertz CT molecular complexity index is 223. The third kappa shape index (κ3) is 1.29. The summed E-state index contributed by atoms with van der Waals surface area (Å²) in [7, 11) is 0. The molecule has 1 rings (SSSR count). The predicted octanol–water partition coefficient (Wildman–Crippen LogP) is 1.16. The van der Waals surface area contributed by atoms with E-state index in [-0.39, 0.29) is 5.91 Å². The molecule has 0 aromatic rings. The maximum absolute atomic E-state index is 11.5. The Morgan fingerprint density at radius 1 is 1.58 bits per heavy atom. The molecular formula is C9H14N2O. The van der Waals surface area contributed by atoms with E-state index in [0.29, 0.717) is 12.1 Å². The van der Waals surface area contributed by atoms with Crippen LogP contribution in [0.15, 0.2) is 0 Å². The van der Waals surface area contributed by atoms with Crippen LogP contribution in [0.1, 0.15) is 27.2 Å². The molecule has 0 radical (unpaired) electrons. The molecule has 1 heterocycles. The standard InChI is InChI=1S/C9H14N2O/c1-6(5-10)9(12)11-7(2)4-8(11)3/h6-8H,4H2,1-3H3. The van der Waals surface area contributed by atoms with Crippen LogP contribution in [0.5, 0.6) is 0 Å². The van der Waals surface area contributed by atoms with E-state index in [2.05, 4.69) is 0 Å². The van der Waals surface area contributed by atoms with Crippen molar-refractivity contribution in [1.29, 1.82) is 5.26 Å². The first kappa shape index (κ1) is 9.05. The maximum Gasteiger partial charge on any atom is 0.240 e. The van der Waals surface area contributed by atoms with Gasteiger partial charge in [-0.3, -0.25) is 4.79 Å². The van der Waals surface area contributed by atoms with Crippen LogP contribution in [-0.2, 0) is 4.79 Å². The van der Waals surface area contributed by atoms with Crippen molar-refractivity contribution in [2.75, 3.05) is 0 Å². The first-order valence-electron chi connectivity index (χ1n) is 4.29. The Labute approximate surface area is 73.0 Å². The molecule has 0 aromatic heterocycles. The van der Waals surface area contributed by atoms with Gasteiger partial charge in [0, 0.05) is 12.1 Å². The molecule has 1 aliphatic heterocycles. The van der Waals surface area contributed by atoms with Crippen LogP contribution in [0.3, 0.4) is 0 Å². The fourth-order valence-corrected chi connectivity index (χ4v) is 1.73. The molecule has 1 amide bonds. The molecule has 0 spiro atoms. The van der Waals surface area contributed by atoms with Crippen molar-refractivity contribution in [3.63, 3.8) is 0 Å². The summed E-state index contributed by atoms with van der Waals surface area (Å²) in [5, 5.41) is 8.55. The first-order chi connectivity index (χ1) is 5.57. The lowest BCUT2D eigenvalue weighted by Gasteiger charge is -2.46. The van der Waals surface area contributed by atoms with E-state index in [1.807, 2.05) is 19.9 Å². The van der Waals surface area contributed by atoms with Crippen LogP contribution in [0.25, 0.3) is 0 Å². The molecule has 1 saturated heterocycles. The fourth-order valence-electron chi connectivity index (χ4n) is 1.73. The Kier molecular flexibility index (Phi) is 2.37. The summed E-state index contributed by atoms with van der Waals surface area (Å²) in [5.41, 5.74) is 0. The zero-order valence-corrected chi connectivity index (χ0v) is 7.74. The summed E-state index contributed by atoms with van der Waals surface area (Å²) >= 11 is 0. The average Bonchev–Trinajstić information content (AvgIpc) is 2.02. The van der Waals surface area contributed by atoms with Gasteiger partial charge in [0.2, 0.25) is 5.91 Å². The summed E-state index contributed by atoms with van der Waals surface area (Å²) in [6.07, 6.45) is 1.06. The molecule has 3 unspecified atom stereocenters. The molecule has 0 aliphatic carbocycles. The number of nitrogens with zero attached hydrogens (tertiary/aromatic N) is 2. The lowest BCUT2D eigenvalue weighted by atomic mass is 9.93. The van der Waals surface area contributed by atoms with Gasteiger partial charge in [-0.25, -0.2) is 0 Å². The van der Waals surface area contributed by atoms with E-state index < -0.39 is 5.92 Å². The molecule has 0 bridgehead atoms. The summed E-state index contributed by atoms with van der Waals surface area (Å²) in [6.45, 7) is 5.68.